The first kappa shape index (κ1) is 33.1. The van der Waals surface area contributed by atoms with Crippen molar-refractivity contribution in [2.24, 2.45) is 58.7 Å². The lowest BCUT2D eigenvalue weighted by atomic mass is 9.61. The Bertz CT molecular complexity index is 803. The molecule has 42 heavy (non-hydrogen) atoms. The van der Waals surface area contributed by atoms with Gasteiger partial charge in [0, 0.05) is 5.92 Å². The van der Waals surface area contributed by atoms with Crippen LogP contribution in [0.25, 0.3) is 0 Å². The van der Waals surface area contributed by atoms with Crippen LogP contribution in [0.4, 0.5) is 0 Å². The third-order valence-electron chi connectivity index (χ3n) is 13.0. The Kier molecular flexibility index (Phi) is 11.1. The molecule has 5 aliphatic rings. The summed E-state index contributed by atoms with van der Waals surface area (Å²) in [6.07, 6.45) is 14.7. The summed E-state index contributed by atoms with van der Waals surface area (Å²) in [5, 5.41) is 34.7. The first-order valence-corrected chi connectivity index (χ1v) is 18.2. The second kappa shape index (κ2) is 14.0. The van der Waals surface area contributed by atoms with Gasteiger partial charge in [0.15, 0.2) is 0 Å². The highest BCUT2D eigenvalue weighted by atomic mass is 16.5. The maximum Gasteiger partial charge on any atom is 0.0649 e. The van der Waals surface area contributed by atoms with Gasteiger partial charge in [0.25, 0.3) is 0 Å². The van der Waals surface area contributed by atoms with Crippen molar-refractivity contribution in [1.82, 2.24) is 16.0 Å². The minimum Gasteiger partial charge on any atom is -0.393 e. The van der Waals surface area contributed by atoms with Gasteiger partial charge in [0.1, 0.15) is 0 Å². The number of nitrogens with one attached hydrogen (secondary N) is 3. The molecule has 0 bridgehead atoms. The average molecular weight is 590 g/mol. The van der Waals surface area contributed by atoms with Crippen LogP contribution in [-0.2, 0) is 4.74 Å². The Morgan fingerprint density at radius 2 is 1.19 bits per heavy atom. The van der Waals surface area contributed by atoms with Crippen LogP contribution in [0.3, 0.4) is 0 Å². The van der Waals surface area contributed by atoms with Crippen molar-refractivity contribution >= 4 is 0 Å². The van der Waals surface area contributed by atoms with Crippen LogP contribution >= 0.6 is 0 Å². The van der Waals surface area contributed by atoms with E-state index in [1.54, 1.807) is 0 Å². The van der Waals surface area contributed by atoms with Crippen LogP contribution in [-0.4, -0.2) is 53.6 Å². The minimum atomic E-state index is -0.358. The molecule has 1 saturated heterocycles. The van der Waals surface area contributed by atoms with E-state index in [-0.39, 0.29) is 41.7 Å². The molecule has 10 atom stereocenters. The summed E-state index contributed by atoms with van der Waals surface area (Å²) in [6, 6.07) is 0. The number of rotatable bonds is 6. The highest BCUT2D eigenvalue weighted by Gasteiger charge is 2.46. The molecule has 5 rings (SSSR count). The fourth-order valence-corrected chi connectivity index (χ4v) is 9.71. The molecule has 1 heterocycles. The topological polar surface area (TPSA) is 85.8 Å². The van der Waals surface area contributed by atoms with E-state index in [1.807, 2.05) is 0 Å². The molecule has 0 aromatic carbocycles. The third-order valence-corrected chi connectivity index (χ3v) is 13.0. The molecule has 4 saturated carbocycles. The molecule has 0 aromatic rings. The lowest BCUT2D eigenvalue weighted by Crippen LogP contribution is -2.73. The molecule has 0 spiro atoms. The summed E-state index contributed by atoms with van der Waals surface area (Å²) in [4.78, 5) is 0. The molecular formula is C36H67N3O3. The largest absolute Gasteiger partial charge is 0.393 e. The number of aliphatic hydroxyl groups is 2. The monoisotopic (exact) mass is 590 g/mol. The van der Waals surface area contributed by atoms with Crippen LogP contribution in [0.1, 0.15) is 126 Å². The second-order valence-electron chi connectivity index (χ2n) is 17.2. The smallest absolute Gasteiger partial charge is 0.0649 e. The minimum absolute atomic E-state index is 0.112. The van der Waals surface area contributed by atoms with Crippen molar-refractivity contribution in [1.29, 1.82) is 0 Å². The van der Waals surface area contributed by atoms with Crippen molar-refractivity contribution < 1.29 is 14.9 Å². The molecule has 6 nitrogen and oxygen atoms in total. The van der Waals surface area contributed by atoms with E-state index in [0.717, 1.165) is 37.5 Å². The van der Waals surface area contributed by atoms with Crippen molar-refractivity contribution in [3.63, 3.8) is 0 Å². The number of hydrogen-bond donors (Lipinski definition) is 5. The summed E-state index contributed by atoms with van der Waals surface area (Å²) in [5.41, 5.74) is 0.121. The van der Waals surface area contributed by atoms with Crippen LogP contribution in [0.15, 0.2) is 0 Å². The summed E-state index contributed by atoms with van der Waals surface area (Å²) in [6.45, 7) is 16.9. The van der Waals surface area contributed by atoms with Crippen molar-refractivity contribution in [3.8, 4) is 0 Å². The van der Waals surface area contributed by atoms with Crippen molar-refractivity contribution in [2.45, 2.75) is 162 Å². The lowest BCUT2D eigenvalue weighted by molar-refractivity contribution is -0.114. The molecular weight excluding hydrogens is 522 g/mol. The summed E-state index contributed by atoms with van der Waals surface area (Å²) < 4.78 is 6.57. The Hall–Kier alpha value is -0.240. The Morgan fingerprint density at radius 3 is 1.69 bits per heavy atom. The predicted octanol–water partition coefficient (Wildman–Crippen LogP) is 6.26. The van der Waals surface area contributed by atoms with E-state index in [1.165, 1.54) is 51.4 Å². The normalized spacial score (nSPS) is 49.5. The van der Waals surface area contributed by atoms with Crippen LogP contribution in [0.5, 0.6) is 0 Å². The maximum atomic E-state index is 11.5. The van der Waals surface area contributed by atoms with E-state index in [4.69, 9.17) is 4.74 Å². The summed E-state index contributed by atoms with van der Waals surface area (Å²) in [5.74, 6) is 4.77. The fourth-order valence-electron chi connectivity index (χ4n) is 9.71. The van der Waals surface area contributed by atoms with Gasteiger partial charge in [-0.05, 0) is 104 Å². The first-order chi connectivity index (χ1) is 19.9. The number of hydrogen-bond acceptors (Lipinski definition) is 6. The molecule has 4 aliphatic carbocycles. The molecule has 0 amide bonds. The molecule has 0 aromatic heterocycles. The third kappa shape index (κ3) is 7.76. The number of aliphatic hydroxyl groups excluding tert-OH is 2. The Labute approximate surface area is 258 Å². The van der Waals surface area contributed by atoms with Gasteiger partial charge in [-0.15, -0.1) is 0 Å². The molecule has 6 heteroatoms. The molecule has 0 radical (unpaired) electrons. The van der Waals surface area contributed by atoms with E-state index in [9.17, 15) is 10.2 Å². The fraction of sp³-hybridized carbons (Fsp3) is 1.00. The SMILES string of the molecule is CC1CCC(C2NC(C3CCC(C)CC3)NC(C3CCC(OCC4C(C)CC(C(C)(C)C)C(O)C4C)CC3O)N2)CC1. The Balaban J connectivity index is 1.17. The standard InChI is InChI=1S/C36H67N3O3/c1-21-8-12-25(13-9-21)33-37-34(26-14-10-22(2)11-15-26)39-35(38-33)28-17-16-27(19-31(28)40)42-20-29-23(3)18-30(36(5,6)7)32(41)24(29)4/h21-35,37-41H,8-20H2,1-7H3. The summed E-state index contributed by atoms with van der Waals surface area (Å²) in [7, 11) is 0. The number of ether oxygens (including phenoxy) is 1. The predicted molar refractivity (Wildman–Crippen MR) is 171 cm³/mol. The first-order valence-electron chi connectivity index (χ1n) is 18.2. The quantitative estimate of drug-likeness (QED) is 0.251. The van der Waals surface area contributed by atoms with Crippen LogP contribution in [0, 0.1) is 58.7 Å². The zero-order valence-electron chi connectivity index (χ0n) is 28.2. The van der Waals surface area contributed by atoms with Gasteiger partial charge >= 0.3 is 0 Å². The van der Waals surface area contributed by atoms with Crippen LogP contribution < -0.4 is 16.0 Å². The van der Waals surface area contributed by atoms with Gasteiger partial charge in [-0.25, -0.2) is 0 Å². The van der Waals surface area contributed by atoms with Gasteiger partial charge in [-0.1, -0.05) is 74.1 Å². The van der Waals surface area contributed by atoms with Crippen LogP contribution in [0.2, 0.25) is 0 Å². The van der Waals surface area contributed by atoms with Gasteiger partial charge in [-0.3, -0.25) is 16.0 Å². The zero-order valence-corrected chi connectivity index (χ0v) is 28.2. The van der Waals surface area contributed by atoms with Gasteiger partial charge in [0.2, 0.25) is 0 Å². The summed E-state index contributed by atoms with van der Waals surface area (Å²) >= 11 is 0. The van der Waals surface area contributed by atoms with Crippen molar-refractivity contribution in [3.05, 3.63) is 0 Å². The van der Waals surface area contributed by atoms with E-state index in [0.29, 0.717) is 48.5 Å². The Morgan fingerprint density at radius 1 is 0.667 bits per heavy atom. The molecule has 244 valence electrons. The zero-order chi connectivity index (χ0) is 30.2. The molecule has 1 aliphatic heterocycles. The highest BCUT2D eigenvalue weighted by Crippen LogP contribution is 2.46. The van der Waals surface area contributed by atoms with E-state index in [2.05, 4.69) is 64.4 Å². The van der Waals surface area contributed by atoms with Gasteiger partial charge in [-0.2, -0.15) is 0 Å². The molecule has 5 fully saturated rings. The van der Waals surface area contributed by atoms with Gasteiger partial charge < -0.3 is 14.9 Å². The molecule has 10 unspecified atom stereocenters. The van der Waals surface area contributed by atoms with Gasteiger partial charge in [0.05, 0.1) is 43.4 Å². The average Bonchev–Trinajstić information content (AvgIpc) is 2.95. The lowest BCUT2D eigenvalue weighted by Gasteiger charge is -2.50. The van der Waals surface area contributed by atoms with E-state index < -0.39 is 0 Å². The molecule has 5 N–H and O–H groups in total. The second-order valence-corrected chi connectivity index (χ2v) is 17.2. The maximum absolute atomic E-state index is 11.5. The van der Waals surface area contributed by atoms with E-state index >= 15 is 0 Å². The highest BCUT2D eigenvalue weighted by molar-refractivity contribution is 4.98. The van der Waals surface area contributed by atoms with Crippen molar-refractivity contribution in [2.75, 3.05) is 6.61 Å².